The van der Waals surface area contributed by atoms with E-state index < -0.39 is 0 Å². The van der Waals surface area contributed by atoms with Gasteiger partial charge in [-0.3, -0.25) is 4.98 Å². The first-order valence-electron chi connectivity index (χ1n) is 6.17. The first kappa shape index (κ1) is 14.5. The molecule has 2 N–H and O–H groups in total. The average Bonchev–Trinajstić information content (AvgIpc) is 2.43. The second-order valence-corrected chi connectivity index (χ2v) is 6.20. The Morgan fingerprint density at radius 3 is 2.84 bits per heavy atom. The topological polar surface area (TPSA) is 51.8 Å². The minimum Gasteiger partial charge on any atom is -0.327 e. The van der Waals surface area contributed by atoms with Gasteiger partial charge < -0.3 is 5.73 Å². The molecule has 0 aliphatic heterocycles. The third-order valence-corrected chi connectivity index (χ3v) is 4.69. The van der Waals surface area contributed by atoms with Gasteiger partial charge in [-0.05, 0) is 46.5 Å². The lowest BCUT2D eigenvalue weighted by molar-refractivity contribution is 0.646. The molecule has 0 amide bonds. The maximum Gasteiger partial charge on any atom is 0.119 e. The highest BCUT2D eigenvalue weighted by atomic mass is 79.9. The van der Waals surface area contributed by atoms with Crippen LogP contribution in [0.5, 0.6) is 0 Å². The van der Waals surface area contributed by atoms with Crippen molar-refractivity contribution in [3.63, 3.8) is 0 Å². The lowest BCUT2D eigenvalue weighted by atomic mass is 10.1. The average molecular weight is 338 g/mol. The maximum atomic E-state index is 5.98. The molecule has 0 saturated carbocycles. The molecule has 1 aromatic heterocycles. The highest BCUT2D eigenvalue weighted by Crippen LogP contribution is 2.32. The van der Waals surface area contributed by atoms with Crippen molar-refractivity contribution in [2.75, 3.05) is 0 Å². The van der Waals surface area contributed by atoms with Crippen molar-refractivity contribution in [2.24, 2.45) is 5.73 Å². The van der Waals surface area contributed by atoms with Gasteiger partial charge in [0, 0.05) is 27.8 Å². The number of hydrogen-bond acceptors (Lipinski definition) is 4. The fraction of sp³-hybridized carbons (Fsp3) is 0.286. The van der Waals surface area contributed by atoms with Crippen LogP contribution in [0.2, 0.25) is 0 Å². The van der Waals surface area contributed by atoms with Gasteiger partial charge in [0.15, 0.2) is 0 Å². The van der Waals surface area contributed by atoms with E-state index in [1.807, 2.05) is 0 Å². The highest BCUT2D eigenvalue weighted by Gasteiger charge is 2.07. The quantitative estimate of drug-likeness (QED) is 0.904. The Morgan fingerprint density at radius 2 is 2.21 bits per heavy atom. The van der Waals surface area contributed by atoms with Gasteiger partial charge in [0.2, 0.25) is 0 Å². The van der Waals surface area contributed by atoms with Crippen LogP contribution in [0.25, 0.3) is 0 Å². The molecule has 0 bridgehead atoms. The molecule has 2 rings (SSSR count). The lowest BCUT2D eigenvalue weighted by Crippen LogP contribution is -2.21. The number of nitrogens with two attached hydrogens (primary N) is 1. The SMILES string of the molecule is CCC(N)Cc1ccc(Sc2cnccn2)c(Br)c1. The summed E-state index contributed by atoms with van der Waals surface area (Å²) in [5.74, 6) is 0. The van der Waals surface area contributed by atoms with Crippen LogP contribution < -0.4 is 5.73 Å². The Kier molecular flexibility index (Phi) is 5.36. The van der Waals surface area contributed by atoms with Crippen LogP contribution in [-0.4, -0.2) is 16.0 Å². The van der Waals surface area contributed by atoms with Crippen molar-refractivity contribution in [2.45, 2.75) is 35.7 Å². The van der Waals surface area contributed by atoms with Crippen LogP contribution in [-0.2, 0) is 6.42 Å². The predicted molar refractivity (Wildman–Crippen MR) is 82.3 cm³/mol. The number of aromatic nitrogens is 2. The molecule has 0 fully saturated rings. The van der Waals surface area contributed by atoms with Crippen LogP contribution in [0.3, 0.4) is 0 Å². The van der Waals surface area contributed by atoms with Crippen molar-refractivity contribution in [1.29, 1.82) is 0 Å². The summed E-state index contributed by atoms with van der Waals surface area (Å²) in [4.78, 5) is 9.46. The van der Waals surface area contributed by atoms with Crippen LogP contribution in [0.4, 0.5) is 0 Å². The summed E-state index contributed by atoms with van der Waals surface area (Å²) in [5.41, 5.74) is 7.23. The van der Waals surface area contributed by atoms with E-state index in [4.69, 9.17) is 5.73 Å². The molecule has 1 unspecified atom stereocenters. The Balaban J connectivity index is 2.11. The van der Waals surface area contributed by atoms with E-state index in [-0.39, 0.29) is 6.04 Å². The summed E-state index contributed by atoms with van der Waals surface area (Å²) >= 11 is 5.20. The van der Waals surface area contributed by atoms with Crippen LogP contribution >= 0.6 is 27.7 Å². The van der Waals surface area contributed by atoms with Gasteiger partial charge in [-0.1, -0.05) is 24.8 Å². The zero-order valence-corrected chi connectivity index (χ0v) is 13.1. The standard InChI is InChI=1S/C14H16BrN3S/c1-2-11(16)7-10-3-4-13(12(15)8-10)19-14-9-17-5-6-18-14/h3-6,8-9,11H,2,7,16H2,1H3. The number of hydrogen-bond donors (Lipinski definition) is 1. The van der Waals surface area contributed by atoms with Gasteiger partial charge in [0.05, 0.1) is 6.20 Å². The van der Waals surface area contributed by atoms with Gasteiger partial charge in [-0.15, -0.1) is 0 Å². The second kappa shape index (κ2) is 7.03. The fourth-order valence-electron chi connectivity index (χ4n) is 1.65. The molecule has 0 aliphatic carbocycles. The molecule has 5 heteroatoms. The summed E-state index contributed by atoms with van der Waals surface area (Å²) < 4.78 is 1.07. The molecule has 1 aromatic carbocycles. The van der Waals surface area contributed by atoms with Gasteiger partial charge in [0.25, 0.3) is 0 Å². The summed E-state index contributed by atoms with van der Waals surface area (Å²) in [6.07, 6.45) is 7.04. The van der Waals surface area contributed by atoms with Gasteiger partial charge in [0.1, 0.15) is 5.03 Å². The Labute approximate surface area is 126 Å². The third kappa shape index (κ3) is 4.30. The van der Waals surface area contributed by atoms with Crippen molar-refractivity contribution >= 4 is 27.7 Å². The van der Waals surface area contributed by atoms with Crippen LogP contribution in [0.1, 0.15) is 18.9 Å². The zero-order valence-electron chi connectivity index (χ0n) is 10.7. The molecule has 19 heavy (non-hydrogen) atoms. The first-order valence-corrected chi connectivity index (χ1v) is 7.78. The Hall–Kier alpha value is -0.910. The lowest BCUT2D eigenvalue weighted by Gasteiger charge is -2.10. The van der Waals surface area contributed by atoms with Gasteiger partial charge in [-0.25, -0.2) is 4.98 Å². The smallest absolute Gasteiger partial charge is 0.119 e. The normalized spacial score (nSPS) is 12.4. The monoisotopic (exact) mass is 337 g/mol. The molecule has 0 spiro atoms. The molecule has 100 valence electrons. The second-order valence-electron chi connectivity index (χ2n) is 4.28. The van der Waals surface area contributed by atoms with E-state index in [0.29, 0.717) is 0 Å². The van der Waals surface area contributed by atoms with Crippen molar-refractivity contribution in [3.8, 4) is 0 Å². The minimum atomic E-state index is 0.227. The summed E-state index contributed by atoms with van der Waals surface area (Å²) in [7, 11) is 0. The predicted octanol–water partition coefficient (Wildman–Crippen LogP) is 3.67. The molecular formula is C14H16BrN3S. The van der Waals surface area contributed by atoms with E-state index in [9.17, 15) is 0 Å². The fourth-order valence-corrected chi connectivity index (χ4v) is 3.07. The van der Waals surface area contributed by atoms with Crippen molar-refractivity contribution in [1.82, 2.24) is 9.97 Å². The molecule has 2 aromatic rings. The number of rotatable bonds is 5. The molecule has 3 nitrogen and oxygen atoms in total. The van der Waals surface area contributed by atoms with E-state index in [1.54, 1.807) is 30.4 Å². The molecular weight excluding hydrogens is 322 g/mol. The van der Waals surface area contributed by atoms with Crippen LogP contribution in [0, 0.1) is 0 Å². The molecule has 1 heterocycles. The van der Waals surface area contributed by atoms with Crippen molar-refractivity contribution in [3.05, 3.63) is 46.8 Å². The Morgan fingerprint density at radius 1 is 1.37 bits per heavy atom. The summed E-state index contributed by atoms with van der Waals surface area (Å²) in [6.45, 7) is 2.11. The van der Waals surface area contributed by atoms with E-state index >= 15 is 0 Å². The number of nitrogens with zero attached hydrogens (tertiary/aromatic N) is 2. The molecule has 0 radical (unpaired) electrons. The first-order chi connectivity index (χ1) is 9.19. The summed E-state index contributed by atoms with van der Waals surface area (Å²) in [6, 6.07) is 6.58. The zero-order chi connectivity index (χ0) is 13.7. The minimum absolute atomic E-state index is 0.227. The molecule has 1 atom stereocenters. The Bertz CT molecular complexity index is 533. The van der Waals surface area contributed by atoms with E-state index in [1.165, 1.54) is 5.56 Å². The molecule has 0 saturated heterocycles. The van der Waals surface area contributed by atoms with Gasteiger partial charge >= 0.3 is 0 Å². The number of halogens is 1. The maximum absolute atomic E-state index is 5.98. The molecule has 0 aliphatic rings. The van der Waals surface area contributed by atoms with Gasteiger partial charge in [-0.2, -0.15) is 0 Å². The van der Waals surface area contributed by atoms with E-state index in [2.05, 4.69) is 51.0 Å². The third-order valence-electron chi connectivity index (χ3n) is 2.77. The number of benzene rings is 1. The summed E-state index contributed by atoms with van der Waals surface area (Å²) in [5, 5.41) is 0.890. The van der Waals surface area contributed by atoms with Crippen molar-refractivity contribution < 1.29 is 0 Å². The highest BCUT2D eigenvalue weighted by molar-refractivity contribution is 9.10. The largest absolute Gasteiger partial charge is 0.327 e. The van der Waals surface area contributed by atoms with Crippen LogP contribution in [0.15, 0.2) is 51.2 Å². The van der Waals surface area contributed by atoms with E-state index in [0.717, 1.165) is 27.2 Å².